The number of nitrogens with zero attached hydrogens (tertiary/aromatic N) is 1. The van der Waals surface area contributed by atoms with Crippen molar-refractivity contribution in [2.24, 2.45) is 5.73 Å². The SMILES string of the molecule is COC(CN)CC(=O)N(Cc1ccc(Cl)cc1)C1CC1. The minimum Gasteiger partial charge on any atom is -0.380 e. The van der Waals surface area contributed by atoms with Crippen LogP contribution in [0.5, 0.6) is 0 Å². The zero-order valence-corrected chi connectivity index (χ0v) is 12.5. The minimum absolute atomic E-state index is 0.111. The predicted molar refractivity (Wildman–Crippen MR) is 79.5 cm³/mol. The standard InChI is InChI=1S/C15H21ClN2O2/c1-20-14(9-17)8-15(19)18(13-6-7-13)10-11-2-4-12(16)5-3-11/h2-5,13-14H,6-10,17H2,1H3. The van der Waals surface area contributed by atoms with Crippen LogP contribution in [0.4, 0.5) is 0 Å². The molecular weight excluding hydrogens is 276 g/mol. The minimum atomic E-state index is -0.200. The van der Waals surface area contributed by atoms with E-state index in [0.29, 0.717) is 30.6 Å². The fourth-order valence-corrected chi connectivity index (χ4v) is 2.29. The van der Waals surface area contributed by atoms with Crippen molar-refractivity contribution in [3.63, 3.8) is 0 Å². The number of amides is 1. The largest absolute Gasteiger partial charge is 0.380 e. The molecule has 0 spiro atoms. The average Bonchev–Trinajstić information content (AvgIpc) is 3.28. The molecule has 1 saturated carbocycles. The monoisotopic (exact) mass is 296 g/mol. The Morgan fingerprint density at radius 1 is 1.45 bits per heavy atom. The second kappa shape index (κ2) is 7.07. The molecule has 110 valence electrons. The van der Waals surface area contributed by atoms with Crippen LogP contribution in [0.1, 0.15) is 24.8 Å². The van der Waals surface area contributed by atoms with Gasteiger partial charge in [0.15, 0.2) is 0 Å². The van der Waals surface area contributed by atoms with Crippen LogP contribution >= 0.6 is 11.6 Å². The van der Waals surface area contributed by atoms with Crippen LogP contribution in [-0.2, 0) is 16.1 Å². The molecule has 5 heteroatoms. The summed E-state index contributed by atoms with van der Waals surface area (Å²) in [6.45, 7) is 0.989. The third-order valence-corrected chi connectivity index (χ3v) is 3.82. The second-order valence-electron chi connectivity index (χ2n) is 5.18. The summed E-state index contributed by atoms with van der Waals surface area (Å²) in [4.78, 5) is 14.3. The number of halogens is 1. The molecule has 1 aromatic rings. The zero-order valence-electron chi connectivity index (χ0n) is 11.7. The van der Waals surface area contributed by atoms with Gasteiger partial charge in [-0.25, -0.2) is 0 Å². The van der Waals surface area contributed by atoms with E-state index in [2.05, 4.69) is 0 Å². The highest BCUT2D eigenvalue weighted by atomic mass is 35.5. The van der Waals surface area contributed by atoms with Crippen LogP contribution in [0.15, 0.2) is 24.3 Å². The highest BCUT2D eigenvalue weighted by molar-refractivity contribution is 6.30. The molecule has 2 N–H and O–H groups in total. The third-order valence-electron chi connectivity index (χ3n) is 3.57. The fourth-order valence-electron chi connectivity index (χ4n) is 2.17. The van der Waals surface area contributed by atoms with E-state index >= 15 is 0 Å². The lowest BCUT2D eigenvalue weighted by Crippen LogP contribution is -2.37. The van der Waals surface area contributed by atoms with Crippen molar-refractivity contribution >= 4 is 17.5 Å². The van der Waals surface area contributed by atoms with Crippen LogP contribution in [0.3, 0.4) is 0 Å². The molecule has 1 atom stereocenters. The quantitative estimate of drug-likeness (QED) is 0.839. The van der Waals surface area contributed by atoms with Crippen molar-refractivity contribution in [1.82, 2.24) is 4.90 Å². The Morgan fingerprint density at radius 3 is 2.60 bits per heavy atom. The zero-order chi connectivity index (χ0) is 14.5. The normalized spacial score (nSPS) is 15.9. The van der Waals surface area contributed by atoms with Gasteiger partial charge in [-0.1, -0.05) is 23.7 Å². The lowest BCUT2D eigenvalue weighted by atomic mass is 10.1. The molecule has 0 aromatic heterocycles. The molecule has 1 amide bonds. The average molecular weight is 297 g/mol. The summed E-state index contributed by atoms with van der Waals surface area (Å²) < 4.78 is 5.20. The molecule has 1 unspecified atom stereocenters. The molecule has 0 saturated heterocycles. The highest BCUT2D eigenvalue weighted by Crippen LogP contribution is 2.29. The van der Waals surface area contributed by atoms with Crippen molar-refractivity contribution in [2.45, 2.75) is 38.0 Å². The van der Waals surface area contributed by atoms with Gasteiger partial charge in [0.2, 0.25) is 5.91 Å². The van der Waals surface area contributed by atoms with Gasteiger partial charge in [0.25, 0.3) is 0 Å². The van der Waals surface area contributed by atoms with Crippen LogP contribution in [0.25, 0.3) is 0 Å². The molecule has 1 aromatic carbocycles. The van der Waals surface area contributed by atoms with E-state index < -0.39 is 0 Å². The summed E-state index contributed by atoms with van der Waals surface area (Å²) in [6, 6.07) is 7.99. The van der Waals surface area contributed by atoms with Crippen molar-refractivity contribution < 1.29 is 9.53 Å². The van der Waals surface area contributed by atoms with Gasteiger partial charge in [-0.15, -0.1) is 0 Å². The summed E-state index contributed by atoms with van der Waals surface area (Å²) in [5, 5.41) is 0.709. The van der Waals surface area contributed by atoms with Gasteiger partial charge >= 0.3 is 0 Å². The van der Waals surface area contributed by atoms with Gasteiger partial charge in [-0.2, -0.15) is 0 Å². The number of hydrogen-bond acceptors (Lipinski definition) is 3. The molecule has 20 heavy (non-hydrogen) atoms. The molecule has 0 heterocycles. The number of rotatable bonds is 7. The number of ether oxygens (including phenoxy) is 1. The Kier molecular flexibility index (Phi) is 5.40. The maximum Gasteiger partial charge on any atom is 0.225 e. The first-order chi connectivity index (χ1) is 9.63. The second-order valence-corrected chi connectivity index (χ2v) is 5.61. The molecule has 1 aliphatic rings. The number of carbonyl (C=O) groups excluding carboxylic acids is 1. The number of carbonyl (C=O) groups is 1. The maximum absolute atomic E-state index is 12.4. The van der Waals surface area contributed by atoms with Crippen LogP contribution in [0.2, 0.25) is 5.02 Å². The van der Waals surface area contributed by atoms with E-state index in [9.17, 15) is 4.79 Å². The molecule has 4 nitrogen and oxygen atoms in total. The molecule has 1 fully saturated rings. The van der Waals surface area contributed by atoms with Gasteiger partial charge < -0.3 is 15.4 Å². The number of nitrogens with two attached hydrogens (primary N) is 1. The third kappa shape index (κ3) is 4.20. The Hall–Kier alpha value is -1.10. The van der Waals surface area contributed by atoms with E-state index in [0.717, 1.165) is 18.4 Å². The lowest BCUT2D eigenvalue weighted by molar-refractivity contribution is -0.134. The predicted octanol–water partition coefficient (Wildman–Crippen LogP) is 2.19. The maximum atomic E-state index is 12.4. The van der Waals surface area contributed by atoms with Gasteiger partial charge in [0.1, 0.15) is 0 Å². The molecule has 2 rings (SSSR count). The Morgan fingerprint density at radius 2 is 2.10 bits per heavy atom. The Bertz CT molecular complexity index is 442. The van der Waals surface area contributed by atoms with Crippen molar-refractivity contribution in [3.05, 3.63) is 34.9 Å². The number of methoxy groups -OCH3 is 1. The summed E-state index contributed by atoms with van der Waals surface area (Å²) in [7, 11) is 1.59. The summed E-state index contributed by atoms with van der Waals surface area (Å²) in [5.74, 6) is 0.111. The van der Waals surface area contributed by atoms with Crippen LogP contribution < -0.4 is 5.73 Å². The highest BCUT2D eigenvalue weighted by Gasteiger charge is 2.33. The first-order valence-electron chi connectivity index (χ1n) is 6.90. The summed E-state index contributed by atoms with van der Waals surface area (Å²) >= 11 is 5.88. The molecule has 0 bridgehead atoms. The van der Waals surface area contributed by atoms with E-state index in [4.69, 9.17) is 22.1 Å². The Balaban J connectivity index is 1.99. The number of benzene rings is 1. The summed E-state index contributed by atoms with van der Waals surface area (Å²) in [6.07, 6.45) is 2.31. The summed E-state index contributed by atoms with van der Waals surface area (Å²) in [5.41, 5.74) is 6.68. The molecular formula is C15H21ClN2O2. The van der Waals surface area contributed by atoms with Gasteiger partial charge in [-0.3, -0.25) is 4.79 Å². The topological polar surface area (TPSA) is 55.6 Å². The smallest absolute Gasteiger partial charge is 0.225 e. The molecule has 0 radical (unpaired) electrons. The van der Waals surface area contributed by atoms with Gasteiger partial charge in [-0.05, 0) is 30.5 Å². The van der Waals surface area contributed by atoms with E-state index in [1.807, 2.05) is 29.2 Å². The first-order valence-corrected chi connectivity index (χ1v) is 7.28. The Labute approximate surface area is 124 Å². The fraction of sp³-hybridized carbons (Fsp3) is 0.533. The van der Waals surface area contributed by atoms with Gasteiger partial charge in [0.05, 0.1) is 12.5 Å². The van der Waals surface area contributed by atoms with Gasteiger partial charge in [0, 0.05) is 31.3 Å². The first kappa shape index (κ1) is 15.3. The van der Waals surface area contributed by atoms with E-state index in [1.165, 1.54) is 0 Å². The van der Waals surface area contributed by atoms with E-state index in [-0.39, 0.29) is 12.0 Å². The lowest BCUT2D eigenvalue weighted by Gasteiger charge is -2.24. The number of hydrogen-bond donors (Lipinski definition) is 1. The molecule has 1 aliphatic carbocycles. The van der Waals surface area contributed by atoms with Crippen LogP contribution in [-0.4, -0.2) is 36.6 Å². The van der Waals surface area contributed by atoms with Crippen LogP contribution in [0, 0.1) is 0 Å². The van der Waals surface area contributed by atoms with E-state index in [1.54, 1.807) is 7.11 Å². The molecule has 0 aliphatic heterocycles. The van der Waals surface area contributed by atoms with Crippen molar-refractivity contribution in [1.29, 1.82) is 0 Å². The van der Waals surface area contributed by atoms with Crippen molar-refractivity contribution in [3.8, 4) is 0 Å². The van der Waals surface area contributed by atoms with Crippen molar-refractivity contribution in [2.75, 3.05) is 13.7 Å².